The van der Waals surface area contributed by atoms with Gasteiger partial charge in [-0.1, -0.05) is 41.4 Å². The fourth-order valence-corrected chi connectivity index (χ4v) is 2.89. The first-order valence-electron chi connectivity index (χ1n) is 8.45. The van der Waals surface area contributed by atoms with Crippen LogP contribution in [0.1, 0.15) is 21.6 Å². The van der Waals surface area contributed by atoms with Crippen molar-refractivity contribution in [2.45, 2.75) is 13.5 Å². The van der Waals surface area contributed by atoms with Crippen molar-refractivity contribution in [1.29, 1.82) is 0 Å². The van der Waals surface area contributed by atoms with E-state index in [1.807, 2.05) is 12.1 Å². The zero-order valence-electron chi connectivity index (χ0n) is 15.1. The van der Waals surface area contributed by atoms with Crippen LogP contribution in [0.5, 0.6) is 5.75 Å². The van der Waals surface area contributed by atoms with Crippen LogP contribution >= 0.6 is 11.6 Å². The lowest BCUT2D eigenvalue weighted by atomic mass is 10.1. The Kier molecular flexibility index (Phi) is 5.94. The second kappa shape index (κ2) is 8.56. The molecule has 0 fully saturated rings. The average Bonchev–Trinajstić information content (AvgIpc) is 2.67. The third-order valence-electron chi connectivity index (χ3n) is 3.98. The molecule has 1 heterocycles. The number of nitrogens with zero attached hydrogens (tertiary/aromatic N) is 1. The summed E-state index contributed by atoms with van der Waals surface area (Å²) in [4.78, 5) is 16.6. The number of carbonyl (C=O) groups excluding carboxylic acids is 1. The zero-order valence-corrected chi connectivity index (χ0v) is 15.9. The molecule has 0 spiro atoms. The van der Waals surface area contributed by atoms with Crippen molar-refractivity contribution in [3.05, 3.63) is 82.6 Å². The lowest BCUT2D eigenvalue weighted by Crippen LogP contribution is -2.14. The fraction of sp³-hybridized carbons (Fsp3) is 0.143. The third-order valence-corrected chi connectivity index (χ3v) is 4.28. The second-order valence-electron chi connectivity index (χ2n) is 6.08. The quantitative estimate of drug-likeness (QED) is 0.636. The molecular formula is C21H20ClN3O2. The number of carbonyl (C=O) groups is 1. The van der Waals surface area contributed by atoms with Crippen molar-refractivity contribution in [3.63, 3.8) is 0 Å². The number of aromatic nitrogens is 1. The van der Waals surface area contributed by atoms with Crippen molar-refractivity contribution in [2.24, 2.45) is 0 Å². The Hall–Kier alpha value is -3.05. The van der Waals surface area contributed by atoms with Gasteiger partial charge in [0.15, 0.2) is 0 Å². The first-order valence-corrected chi connectivity index (χ1v) is 8.83. The standard InChI is InChI=1S/C21H20ClN3O2/c1-14-4-3-5-15(10-14)13-24-16-8-9-23-19(12-16)21(26)25-17-6-7-20(27-2)18(22)11-17/h3-12H,13H2,1-2H3,(H,23,24)(H,25,26). The number of ether oxygens (including phenoxy) is 1. The molecule has 138 valence electrons. The van der Waals surface area contributed by atoms with Crippen molar-refractivity contribution >= 4 is 28.9 Å². The number of nitrogens with one attached hydrogen (secondary N) is 2. The van der Waals surface area contributed by atoms with Crippen molar-refractivity contribution < 1.29 is 9.53 Å². The van der Waals surface area contributed by atoms with Gasteiger partial charge < -0.3 is 15.4 Å². The smallest absolute Gasteiger partial charge is 0.274 e. The van der Waals surface area contributed by atoms with Gasteiger partial charge in [0.25, 0.3) is 5.91 Å². The minimum atomic E-state index is -0.310. The summed E-state index contributed by atoms with van der Waals surface area (Å²) in [7, 11) is 1.54. The van der Waals surface area contributed by atoms with E-state index in [-0.39, 0.29) is 5.91 Å². The molecule has 0 atom stereocenters. The first-order chi connectivity index (χ1) is 13.0. The van der Waals surface area contributed by atoms with Gasteiger partial charge in [0, 0.05) is 24.1 Å². The van der Waals surface area contributed by atoms with Gasteiger partial charge in [-0.25, -0.2) is 0 Å². The molecule has 1 amide bonds. The Morgan fingerprint density at radius 2 is 1.96 bits per heavy atom. The summed E-state index contributed by atoms with van der Waals surface area (Å²) in [5, 5.41) is 6.53. The summed E-state index contributed by atoms with van der Waals surface area (Å²) in [5.41, 5.74) is 4.10. The van der Waals surface area contributed by atoms with Crippen LogP contribution in [0.25, 0.3) is 0 Å². The van der Waals surface area contributed by atoms with Crippen LogP contribution in [-0.2, 0) is 6.54 Å². The van der Waals surface area contributed by atoms with E-state index in [0.29, 0.717) is 28.7 Å². The normalized spacial score (nSPS) is 10.3. The molecule has 0 radical (unpaired) electrons. The Morgan fingerprint density at radius 1 is 1.11 bits per heavy atom. The number of aryl methyl sites for hydroxylation is 1. The Morgan fingerprint density at radius 3 is 2.70 bits per heavy atom. The molecule has 0 unspecified atom stereocenters. The topological polar surface area (TPSA) is 63.2 Å². The van der Waals surface area contributed by atoms with E-state index in [2.05, 4.69) is 40.7 Å². The van der Waals surface area contributed by atoms with Gasteiger partial charge in [-0.15, -0.1) is 0 Å². The minimum Gasteiger partial charge on any atom is -0.495 e. The van der Waals surface area contributed by atoms with Crippen LogP contribution in [0.3, 0.4) is 0 Å². The number of anilines is 2. The average molecular weight is 382 g/mol. The summed E-state index contributed by atoms with van der Waals surface area (Å²) in [6.07, 6.45) is 1.61. The third kappa shape index (κ3) is 4.99. The second-order valence-corrected chi connectivity index (χ2v) is 6.48. The van der Waals surface area contributed by atoms with Gasteiger partial charge in [0.2, 0.25) is 0 Å². The molecular weight excluding hydrogens is 362 g/mol. The van der Waals surface area contributed by atoms with Crippen LogP contribution in [0.2, 0.25) is 5.02 Å². The van der Waals surface area contributed by atoms with Gasteiger partial charge in [0.1, 0.15) is 11.4 Å². The molecule has 6 heteroatoms. The van der Waals surface area contributed by atoms with Crippen LogP contribution in [-0.4, -0.2) is 18.0 Å². The van der Waals surface area contributed by atoms with Crippen molar-refractivity contribution in [3.8, 4) is 5.75 Å². The zero-order chi connectivity index (χ0) is 19.2. The highest BCUT2D eigenvalue weighted by Gasteiger charge is 2.10. The number of benzene rings is 2. The molecule has 2 aromatic carbocycles. The molecule has 27 heavy (non-hydrogen) atoms. The van der Waals surface area contributed by atoms with E-state index in [1.54, 1.807) is 37.6 Å². The lowest BCUT2D eigenvalue weighted by molar-refractivity contribution is 0.102. The highest BCUT2D eigenvalue weighted by Crippen LogP contribution is 2.27. The van der Waals surface area contributed by atoms with Crippen molar-refractivity contribution in [1.82, 2.24) is 4.98 Å². The molecule has 0 saturated carbocycles. The van der Waals surface area contributed by atoms with Crippen molar-refractivity contribution in [2.75, 3.05) is 17.7 Å². The Balaban J connectivity index is 1.67. The maximum Gasteiger partial charge on any atom is 0.274 e. The monoisotopic (exact) mass is 381 g/mol. The molecule has 1 aromatic heterocycles. The number of pyridine rings is 1. The maximum absolute atomic E-state index is 12.5. The Labute approximate surface area is 163 Å². The van der Waals surface area contributed by atoms with Gasteiger partial charge in [-0.3, -0.25) is 9.78 Å². The van der Waals surface area contributed by atoms with E-state index in [1.165, 1.54) is 11.1 Å². The highest BCUT2D eigenvalue weighted by molar-refractivity contribution is 6.32. The first kappa shape index (κ1) is 18.7. The highest BCUT2D eigenvalue weighted by atomic mass is 35.5. The van der Waals surface area contributed by atoms with Gasteiger partial charge in [-0.05, 0) is 42.8 Å². The molecule has 2 N–H and O–H groups in total. The number of amides is 1. The number of halogens is 1. The van der Waals surface area contributed by atoms with Gasteiger partial charge in [-0.2, -0.15) is 0 Å². The van der Waals surface area contributed by atoms with E-state index < -0.39 is 0 Å². The molecule has 0 aliphatic rings. The van der Waals surface area contributed by atoms with Gasteiger partial charge >= 0.3 is 0 Å². The minimum absolute atomic E-state index is 0.310. The molecule has 0 bridgehead atoms. The largest absolute Gasteiger partial charge is 0.495 e. The lowest BCUT2D eigenvalue weighted by Gasteiger charge is -2.10. The van der Waals surface area contributed by atoms with Crippen LogP contribution in [0.15, 0.2) is 60.8 Å². The van der Waals surface area contributed by atoms with Crippen LogP contribution in [0, 0.1) is 6.92 Å². The van der Waals surface area contributed by atoms with E-state index >= 15 is 0 Å². The summed E-state index contributed by atoms with van der Waals surface area (Å²) < 4.78 is 5.11. The van der Waals surface area contributed by atoms with E-state index in [0.717, 1.165) is 5.69 Å². The molecule has 3 aromatic rings. The number of hydrogen-bond acceptors (Lipinski definition) is 4. The Bertz CT molecular complexity index is 960. The summed E-state index contributed by atoms with van der Waals surface area (Å²) in [5.74, 6) is 0.241. The number of rotatable bonds is 6. The van der Waals surface area contributed by atoms with Crippen LogP contribution < -0.4 is 15.4 Å². The SMILES string of the molecule is COc1ccc(NC(=O)c2cc(NCc3cccc(C)c3)ccn2)cc1Cl. The van der Waals surface area contributed by atoms with Gasteiger partial charge in [0.05, 0.1) is 12.1 Å². The molecule has 0 saturated heterocycles. The molecule has 5 nitrogen and oxygen atoms in total. The summed E-state index contributed by atoms with van der Waals surface area (Å²) in [6.45, 7) is 2.73. The summed E-state index contributed by atoms with van der Waals surface area (Å²) in [6, 6.07) is 16.9. The predicted octanol–water partition coefficient (Wildman–Crippen LogP) is 4.92. The number of methoxy groups -OCH3 is 1. The van der Waals surface area contributed by atoms with E-state index in [9.17, 15) is 4.79 Å². The maximum atomic E-state index is 12.5. The predicted molar refractivity (Wildman–Crippen MR) is 109 cm³/mol. The molecule has 3 rings (SSSR count). The number of hydrogen-bond donors (Lipinski definition) is 2. The van der Waals surface area contributed by atoms with E-state index in [4.69, 9.17) is 16.3 Å². The molecule has 0 aliphatic heterocycles. The summed E-state index contributed by atoms with van der Waals surface area (Å²) >= 11 is 6.09. The van der Waals surface area contributed by atoms with Crippen LogP contribution in [0.4, 0.5) is 11.4 Å². The fourth-order valence-electron chi connectivity index (χ4n) is 2.63. The molecule has 0 aliphatic carbocycles.